The molecule has 0 aliphatic carbocycles. The van der Waals surface area contributed by atoms with Gasteiger partial charge in [0.1, 0.15) is 5.82 Å². The number of aromatic nitrogens is 2. The van der Waals surface area contributed by atoms with Crippen LogP contribution in [0.3, 0.4) is 0 Å². The molecule has 0 radical (unpaired) electrons. The van der Waals surface area contributed by atoms with E-state index in [1.807, 2.05) is 19.9 Å². The minimum Gasteiger partial charge on any atom is -0.383 e. The summed E-state index contributed by atoms with van der Waals surface area (Å²) in [5.41, 5.74) is 6.31. The van der Waals surface area contributed by atoms with E-state index < -0.39 is 17.2 Å². The lowest BCUT2D eigenvalue weighted by Gasteiger charge is -2.24. The van der Waals surface area contributed by atoms with Crippen LogP contribution in [0.15, 0.2) is 64.2 Å². The van der Waals surface area contributed by atoms with Crippen LogP contribution < -0.4 is 27.2 Å². The molecule has 184 valence electrons. The quantitative estimate of drug-likeness (QED) is 0.411. The SMILES string of the molecule is CCCCN(C(=O)c1ccc(NC(=O)c2ccccc2)cc1)c1c(N)n(CCCC)c(=O)[nH]c1=O. The van der Waals surface area contributed by atoms with Gasteiger partial charge in [0.2, 0.25) is 0 Å². The number of nitrogens with two attached hydrogens (primary N) is 1. The number of carbonyl (C=O) groups is 2. The fraction of sp³-hybridized carbons (Fsp3) is 0.308. The zero-order chi connectivity index (χ0) is 25.4. The number of aromatic amines is 1. The van der Waals surface area contributed by atoms with Crippen molar-refractivity contribution in [3.8, 4) is 0 Å². The van der Waals surface area contributed by atoms with Gasteiger partial charge in [-0.25, -0.2) is 4.79 Å². The second kappa shape index (κ2) is 11.8. The van der Waals surface area contributed by atoms with Crippen molar-refractivity contribution >= 4 is 29.0 Å². The molecule has 3 aromatic rings. The Kier molecular flexibility index (Phi) is 8.61. The summed E-state index contributed by atoms with van der Waals surface area (Å²) in [4.78, 5) is 54.5. The van der Waals surface area contributed by atoms with E-state index in [0.29, 0.717) is 36.2 Å². The van der Waals surface area contributed by atoms with Crippen LogP contribution in [0.4, 0.5) is 17.2 Å². The number of anilines is 3. The zero-order valence-electron chi connectivity index (χ0n) is 20.0. The van der Waals surface area contributed by atoms with E-state index in [0.717, 1.165) is 12.8 Å². The molecule has 0 fully saturated rings. The van der Waals surface area contributed by atoms with Crippen LogP contribution in [0.25, 0.3) is 0 Å². The topological polar surface area (TPSA) is 130 Å². The molecule has 0 saturated carbocycles. The van der Waals surface area contributed by atoms with Gasteiger partial charge in [0.15, 0.2) is 5.69 Å². The van der Waals surface area contributed by atoms with Gasteiger partial charge < -0.3 is 16.0 Å². The molecule has 0 bridgehead atoms. The van der Waals surface area contributed by atoms with Gasteiger partial charge in [0.25, 0.3) is 17.4 Å². The Morgan fingerprint density at radius 3 is 2.23 bits per heavy atom. The van der Waals surface area contributed by atoms with Crippen LogP contribution in [-0.2, 0) is 6.54 Å². The number of unbranched alkanes of at least 4 members (excludes halogenated alkanes) is 2. The standard InChI is InChI=1S/C26H31N5O4/c1-3-5-16-30(21-22(27)31(17-6-4-2)26(35)29-24(21)33)25(34)19-12-14-20(15-13-19)28-23(32)18-10-8-7-9-11-18/h7-15H,3-6,16-17,27H2,1-2H3,(H,28,32)(H,29,33,35). The zero-order valence-corrected chi connectivity index (χ0v) is 20.0. The summed E-state index contributed by atoms with van der Waals surface area (Å²) in [6.07, 6.45) is 2.98. The van der Waals surface area contributed by atoms with Gasteiger partial charge in [-0.3, -0.25) is 23.9 Å². The molecule has 9 heteroatoms. The van der Waals surface area contributed by atoms with E-state index in [9.17, 15) is 19.2 Å². The number of carbonyl (C=O) groups excluding carboxylic acids is 2. The third-order valence-electron chi connectivity index (χ3n) is 5.63. The number of nitrogens with zero attached hydrogens (tertiary/aromatic N) is 2. The molecule has 4 N–H and O–H groups in total. The van der Waals surface area contributed by atoms with Crippen molar-refractivity contribution in [2.75, 3.05) is 22.5 Å². The largest absolute Gasteiger partial charge is 0.383 e. The van der Waals surface area contributed by atoms with E-state index in [2.05, 4.69) is 10.3 Å². The Balaban J connectivity index is 1.90. The minimum atomic E-state index is -0.698. The second-order valence-corrected chi connectivity index (χ2v) is 8.21. The van der Waals surface area contributed by atoms with Gasteiger partial charge in [-0.1, -0.05) is 44.9 Å². The molecule has 35 heavy (non-hydrogen) atoms. The Labute approximate surface area is 203 Å². The molecule has 9 nitrogen and oxygen atoms in total. The van der Waals surface area contributed by atoms with Gasteiger partial charge in [-0.2, -0.15) is 0 Å². The minimum absolute atomic E-state index is 0.0246. The van der Waals surface area contributed by atoms with Crippen molar-refractivity contribution in [1.82, 2.24) is 9.55 Å². The third kappa shape index (κ3) is 6.06. The predicted molar refractivity (Wildman–Crippen MR) is 138 cm³/mol. The number of amides is 2. The maximum atomic E-state index is 13.5. The lowest BCUT2D eigenvalue weighted by Crippen LogP contribution is -2.41. The molecule has 3 rings (SSSR count). The molecule has 0 aliphatic heterocycles. The summed E-state index contributed by atoms with van der Waals surface area (Å²) in [5, 5.41) is 2.79. The van der Waals surface area contributed by atoms with Crippen LogP contribution >= 0.6 is 0 Å². The first-order valence-electron chi connectivity index (χ1n) is 11.8. The monoisotopic (exact) mass is 477 g/mol. The normalized spacial score (nSPS) is 10.7. The number of benzene rings is 2. The molecule has 0 unspecified atom stereocenters. The Morgan fingerprint density at radius 1 is 0.943 bits per heavy atom. The van der Waals surface area contributed by atoms with Crippen LogP contribution in [0, 0.1) is 0 Å². The molecule has 1 aromatic heterocycles. The van der Waals surface area contributed by atoms with Gasteiger partial charge in [-0.05, 0) is 49.2 Å². The summed E-state index contributed by atoms with van der Waals surface area (Å²) in [5.74, 6) is -0.705. The van der Waals surface area contributed by atoms with Gasteiger partial charge >= 0.3 is 5.69 Å². The van der Waals surface area contributed by atoms with Crippen LogP contribution in [0.2, 0.25) is 0 Å². The van der Waals surface area contributed by atoms with Gasteiger partial charge in [0.05, 0.1) is 0 Å². The summed E-state index contributed by atoms with van der Waals surface area (Å²) in [6, 6.07) is 15.2. The highest BCUT2D eigenvalue weighted by Gasteiger charge is 2.25. The maximum Gasteiger partial charge on any atom is 0.330 e. The van der Waals surface area contributed by atoms with Crippen LogP contribution in [-0.4, -0.2) is 27.9 Å². The average Bonchev–Trinajstić information content (AvgIpc) is 2.86. The van der Waals surface area contributed by atoms with Crippen molar-refractivity contribution in [3.05, 3.63) is 86.6 Å². The summed E-state index contributed by atoms with van der Waals surface area (Å²) in [7, 11) is 0. The van der Waals surface area contributed by atoms with E-state index in [-0.39, 0.29) is 24.0 Å². The van der Waals surface area contributed by atoms with E-state index in [1.54, 1.807) is 48.5 Å². The van der Waals surface area contributed by atoms with E-state index in [1.165, 1.54) is 9.47 Å². The Morgan fingerprint density at radius 2 is 1.60 bits per heavy atom. The third-order valence-corrected chi connectivity index (χ3v) is 5.63. The molecular formula is C26H31N5O4. The Bertz CT molecular complexity index is 1280. The molecule has 0 spiro atoms. The average molecular weight is 478 g/mol. The van der Waals surface area contributed by atoms with Crippen molar-refractivity contribution < 1.29 is 9.59 Å². The molecular weight excluding hydrogens is 446 g/mol. The van der Waals surface area contributed by atoms with Crippen LogP contribution in [0.1, 0.15) is 60.2 Å². The number of hydrogen-bond donors (Lipinski definition) is 3. The maximum absolute atomic E-state index is 13.5. The summed E-state index contributed by atoms with van der Waals surface area (Å²) >= 11 is 0. The smallest absolute Gasteiger partial charge is 0.330 e. The molecule has 0 saturated heterocycles. The predicted octanol–water partition coefficient (Wildman–Crippen LogP) is 3.62. The van der Waals surface area contributed by atoms with Crippen molar-refractivity contribution in [2.24, 2.45) is 0 Å². The van der Waals surface area contributed by atoms with Gasteiger partial charge in [-0.15, -0.1) is 0 Å². The first-order chi connectivity index (χ1) is 16.9. The van der Waals surface area contributed by atoms with E-state index in [4.69, 9.17) is 5.73 Å². The summed E-state index contributed by atoms with van der Waals surface area (Å²) in [6.45, 7) is 4.57. The molecule has 2 amide bonds. The fourth-order valence-electron chi connectivity index (χ4n) is 3.65. The molecule has 1 heterocycles. The number of nitrogens with one attached hydrogen (secondary N) is 2. The van der Waals surface area contributed by atoms with Gasteiger partial charge in [0, 0.05) is 29.9 Å². The molecule has 0 atom stereocenters. The number of rotatable bonds is 10. The van der Waals surface area contributed by atoms with Crippen molar-refractivity contribution in [1.29, 1.82) is 0 Å². The first-order valence-corrected chi connectivity index (χ1v) is 11.8. The second-order valence-electron chi connectivity index (χ2n) is 8.21. The Hall–Kier alpha value is -4.14. The van der Waals surface area contributed by atoms with Crippen molar-refractivity contribution in [3.63, 3.8) is 0 Å². The highest BCUT2D eigenvalue weighted by molar-refractivity contribution is 6.08. The van der Waals surface area contributed by atoms with Crippen LogP contribution in [0.5, 0.6) is 0 Å². The summed E-state index contributed by atoms with van der Waals surface area (Å²) < 4.78 is 1.30. The number of nitrogen functional groups attached to an aromatic ring is 1. The number of hydrogen-bond acceptors (Lipinski definition) is 5. The van der Waals surface area contributed by atoms with E-state index >= 15 is 0 Å². The highest BCUT2D eigenvalue weighted by Crippen LogP contribution is 2.21. The first kappa shape index (κ1) is 25.5. The number of H-pyrrole nitrogens is 1. The lowest BCUT2D eigenvalue weighted by atomic mass is 10.1. The van der Waals surface area contributed by atoms with Crippen molar-refractivity contribution in [2.45, 2.75) is 46.1 Å². The lowest BCUT2D eigenvalue weighted by molar-refractivity contribution is 0.0985. The molecule has 2 aromatic carbocycles. The molecule has 0 aliphatic rings. The fourth-order valence-corrected chi connectivity index (χ4v) is 3.65. The highest BCUT2D eigenvalue weighted by atomic mass is 16.2.